The van der Waals surface area contributed by atoms with Crippen molar-refractivity contribution in [3.63, 3.8) is 0 Å². The van der Waals surface area contributed by atoms with E-state index in [4.69, 9.17) is 0 Å². The van der Waals surface area contributed by atoms with Gasteiger partial charge in [-0.25, -0.2) is 0 Å². The van der Waals surface area contributed by atoms with Crippen LogP contribution in [0.3, 0.4) is 0 Å². The maximum absolute atomic E-state index is 4.48. The molecule has 0 aromatic heterocycles. The molecule has 0 saturated carbocycles. The van der Waals surface area contributed by atoms with E-state index in [1.54, 1.807) is 0 Å². The predicted octanol–water partition coefficient (Wildman–Crippen LogP) is 4.02. The van der Waals surface area contributed by atoms with Gasteiger partial charge < -0.3 is 15.1 Å². The predicted molar refractivity (Wildman–Crippen MR) is 132 cm³/mol. The smallest absolute Gasteiger partial charge is 0.0660 e. The summed E-state index contributed by atoms with van der Waals surface area (Å²) in [6, 6.07) is 15.0. The monoisotopic (exact) mass is 467 g/mol. The van der Waals surface area contributed by atoms with Gasteiger partial charge in [-0.05, 0) is 60.1 Å². The molecule has 2 aliphatic heterocycles. The number of likely N-dealkylation sites (N-methyl/N-ethyl adjacent to an activating group) is 2. The number of nitrogens with one attached hydrogen (secondary N) is 1. The van der Waals surface area contributed by atoms with Crippen LogP contribution in [0.4, 0.5) is 11.4 Å². The second-order valence-corrected chi connectivity index (χ2v) is 9.04. The fraction of sp³-hybridized carbons (Fsp3) is 0.375. The number of halogens is 1. The summed E-state index contributed by atoms with van der Waals surface area (Å²) in [6.45, 7) is 7.55. The van der Waals surface area contributed by atoms with Crippen molar-refractivity contribution in [3.8, 4) is 0 Å². The normalized spacial score (nSPS) is 18.4. The number of benzene rings is 2. The van der Waals surface area contributed by atoms with E-state index < -0.39 is 0 Å². The maximum atomic E-state index is 4.48. The van der Waals surface area contributed by atoms with Crippen molar-refractivity contribution in [2.75, 3.05) is 70.1 Å². The van der Waals surface area contributed by atoms with E-state index in [1.807, 2.05) is 6.21 Å². The second-order valence-electron chi connectivity index (χ2n) is 8.13. The second kappa shape index (κ2) is 9.77. The molecule has 2 heterocycles. The average molecular weight is 468 g/mol. The van der Waals surface area contributed by atoms with E-state index in [1.165, 1.54) is 43.0 Å². The minimum atomic E-state index is 0.698. The van der Waals surface area contributed by atoms with Gasteiger partial charge in [-0.1, -0.05) is 22.0 Å². The number of fused-ring (bicyclic) bond motifs is 1. The number of hydrogen-bond acceptors (Lipinski definition) is 5. The van der Waals surface area contributed by atoms with E-state index in [-0.39, 0.29) is 0 Å². The van der Waals surface area contributed by atoms with Crippen LogP contribution in [0.2, 0.25) is 0 Å². The lowest BCUT2D eigenvalue weighted by molar-refractivity contribution is 0.157. The van der Waals surface area contributed by atoms with Crippen molar-refractivity contribution >= 4 is 39.1 Å². The molecule has 158 valence electrons. The molecule has 5 nitrogen and oxygen atoms in total. The van der Waals surface area contributed by atoms with Crippen LogP contribution < -0.4 is 10.2 Å². The Morgan fingerprint density at radius 1 is 1.10 bits per heavy atom. The number of hydrogen-bond donors (Lipinski definition) is 1. The highest BCUT2D eigenvalue weighted by molar-refractivity contribution is 9.10. The van der Waals surface area contributed by atoms with Gasteiger partial charge in [-0.3, -0.25) is 9.89 Å². The number of rotatable bonds is 6. The third kappa shape index (κ3) is 5.31. The van der Waals surface area contributed by atoms with E-state index in [9.17, 15) is 0 Å². The molecule has 0 atom stereocenters. The molecule has 30 heavy (non-hydrogen) atoms. The number of piperazine rings is 1. The van der Waals surface area contributed by atoms with Crippen LogP contribution in [0, 0.1) is 0 Å². The number of anilines is 2. The molecule has 0 radical (unpaired) electrons. The van der Waals surface area contributed by atoms with Gasteiger partial charge in [0.1, 0.15) is 0 Å². The minimum Gasteiger partial charge on any atom is -0.373 e. The van der Waals surface area contributed by atoms with Crippen LogP contribution in [0.15, 0.2) is 58.1 Å². The highest BCUT2D eigenvalue weighted by atomic mass is 79.9. The molecule has 1 fully saturated rings. The molecule has 1 N–H and O–H groups in total. The van der Waals surface area contributed by atoms with Gasteiger partial charge in [0.25, 0.3) is 0 Å². The maximum Gasteiger partial charge on any atom is 0.0660 e. The zero-order valence-corrected chi connectivity index (χ0v) is 19.4. The Morgan fingerprint density at radius 2 is 1.87 bits per heavy atom. The number of nitrogens with zero attached hydrogens (tertiary/aromatic N) is 4. The molecular formula is C24H30BrN5. The van der Waals surface area contributed by atoms with Gasteiger partial charge in [0, 0.05) is 74.6 Å². The molecule has 2 aromatic rings. The summed E-state index contributed by atoms with van der Waals surface area (Å²) in [5.41, 5.74) is 5.92. The summed E-state index contributed by atoms with van der Waals surface area (Å²) in [5.74, 6) is 0. The van der Waals surface area contributed by atoms with Crippen LogP contribution in [0.1, 0.15) is 11.1 Å². The van der Waals surface area contributed by atoms with Crippen LogP contribution in [0.5, 0.6) is 0 Å². The third-order valence-corrected chi connectivity index (χ3v) is 6.42. The van der Waals surface area contributed by atoms with Gasteiger partial charge >= 0.3 is 0 Å². The first-order chi connectivity index (χ1) is 14.6. The van der Waals surface area contributed by atoms with E-state index in [2.05, 4.69) is 104 Å². The number of aliphatic imine (C=N–C) groups is 1. The first-order valence-electron chi connectivity index (χ1n) is 10.6. The van der Waals surface area contributed by atoms with Gasteiger partial charge in [0.05, 0.1) is 6.54 Å². The molecule has 4 rings (SSSR count). The lowest BCUT2D eigenvalue weighted by Crippen LogP contribution is -2.46. The lowest BCUT2D eigenvalue weighted by Gasteiger charge is -2.33. The Balaban J connectivity index is 1.33. The van der Waals surface area contributed by atoms with Crippen LogP contribution in [-0.4, -0.2) is 75.9 Å². The quantitative estimate of drug-likeness (QED) is 0.695. The molecule has 0 spiro atoms. The lowest BCUT2D eigenvalue weighted by atomic mass is 9.99. The van der Waals surface area contributed by atoms with E-state index in [0.717, 1.165) is 28.8 Å². The molecule has 0 bridgehead atoms. The summed E-state index contributed by atoms with van der Waals surface area (Å²) in [6.07, 6.45) is 4.03. The third-order valence-electron chi connectivity index (χ3n) is 5.92. The van der Waals surface area contributed by atoms with Crippen molar-refractivity contribution in [2.24, 2.45) is 4.99 Å². The Labute approximate surface area is 188 Å². The van der Waals surface area contributed by atoms with Crippen LogP contribution in [-0.2, 0) is 0 Å². The van der Waals surface area contributed by atoms with Crippen LogP contribution >= 0.6 is 15.9 Å². The summed E-state index contributed by atoms with van der Waals surface area (Å²) in [7, 11) is 4.38. The summed E-state index contributed by atoms with van der Waals surface area (Å²) in [5, 5.41) is 3.45. The summed E-state index contributed by atoms with van der Waals surface area (Å²) in [4.78, 5) is 11.8. The standard InChI is InChI=1S/C24H30BrN5/c1-28-9-12-30(13-10-28)14-11-29(2)23-7-5-22(6-8-23)27-18-20-17-26-16-19-3-4-21(25)15-24(19)20/h3-8,15-16,18,27H,9-14,17H2,1-2H3/b20-18+. The first kappa shape index (κ1) is 21.1. The highest BCUT2D eigenvalue weighted by Gasteiger charge is 2.14. The molecule has 2 aromatic carbocycles. The molecule has 0 aliphatic carbocycles. The Kier molecular flexibility index (Phi) is 6.87. The zero-order valence-electron chi connectivity index (χ0n) is 17.8. The van der Waals surface area contributed by atoms with Crippen molar-refractivity contribution in [3.05, 3.63) is 64.3 Å². The Hall–Kier alpha value is -2.15. The highest BCUT2D eigenvalue weighted by Crippen LogP contribution is 2.26. The summed E-state index contributed by atoms with van der Waals surface area (Å²) >= 11 is 3.57. The van der Waals surface area contributed by atoms with Crippen molar-refractivity contribution in [2.45, 2.75) is 0 Å². The van der Waals surface area contributed by atoms with Gasteiger partial charge in [-0.15, -0.1) is 0 Å². The molecule has 0 amide bonds. The largest absolute Gasteiger partial charge is 0.373 e. The van der Waals surface area contributed by atoms with Gasteiger partial charge in [0.15, 0.2) is 0 Å². The van der Waals surface area contributed by atoms with Gasteiger partial charge in [0.2, 0.25) is 0 Å². The molecular weight excluding hydrogens is 438 g/mol. The average Bonchev–Trinajstić information content (AvgIpc) is 2.77. The fourth-order valence-electron chi connectivity index (χ4n) is 3.84. The Bertz CT molecular complexity index is 914. The molecule has 1 saturated heterocycles. The topological polar surface area (TPSA) is 34.1 Å². The fourth-order valence-corrected chi connectivity index (χ4v) is 4.21. The minimum absolute atomic E-state index is 0.698. The SMILES string of the molecule is CN1CCN(CCN(C)c2ccc(N/C=C3\CN=Cc4ccc(Br)cc43)cc2)CC1. The van der Waals surface area contributed by atoms with E-state index in [0.29, 0.717) is 6.54 Å². The van der Waals surface area contributed by atoms with Crippen molar-refractivity contribution < 1.29 is 0 Å². The van der Waals surface area contributed by atoms with Crippen molar-refractivity contribution in [1.82, 2.24) is 9.80 Å². The van der Waals surface area contributed by atoms with Gasteiger partial charge in [-0.2, -0.15) is 0 Å². The van der Waals surface area contributed by atoms with Crippen LogP contribution in [0.25, 0.3) is 5.57 Å². The van der Waals surface area contributed by atoms with Crippen molar-refractivity contribution in [1.29, 1.82) is 0 Å². The first-order valence-corrected chi connectivity index (χ1v) is 11.4. The molecule has 0 unspecified atom stereocenters. The molecule has 2 aliphatic rings. The zero-order chi connectivity index (χ0) is 20.9. The Morgan fingerprint density at radius 3 is 2.63 bits per heavy atom. The van der Waals surface area contributed by atoms with E-state index >= 15 is 0 Å². The molecule has 6 heteroatoms. The summed E-state index contributed by atoms with van der Waals surface area (Å²) < 4.78 is 1.09.